The Hall–Kier alpha value is -3.73. The lowest BCUT2D eigenvalue weighted by molar-refractivity contribution is -0.146. The lowest BCUT2D eigenvalue weighted by Crippen LogP contribution is -2.34. The Balaban J connectivity index is 2.61. The highest BCUT2D eigenvalue weighted by Crippen LogP contribution is 2.47. The van der Waals surface area contributed by atoms with E-state index in [1.54, 1.807) is 18.2 Å². The molecular weight excluding hydrogens is 364 g/mol. The molecule has 0 radical (unpaired) electrons. The summed E-state index contributed by atoms with van der Waals surface area (Å²) >= 11 is 0. The van der Waals surface area contributed by atoms with Crippen molar-refractivity contribution >= 4 is 11.9 Å². The van der Waals surface area contributed by atoms with Gasteiger partial charge in [0.1, 0.15) is 18.8 Å². The molecular formula is C20H20N2O6. The Labute approximate surface area is 162 Å². The van der Waals surface area contributed by atoms with Crippen molar-refractivity contribution in [2.24, 2.45) is 11.7 Å². The predicted molar refractivity (Wildman–Crippen MR) is 99.0 cm³/mol. The number of nitriles is 1. The van der Waals surface area contributed by atoms with E-state index >= 15 is 0 Å². The van der Waals surface area contributed by atoms with Crippen molar-refractivity contribution in [2.45, 2.75) is 5.92 Å². The van der Waals surface area contributed by atoms with Gasteiger partial charge in [0.05, 0.1) is 19.1 Å². The van der Waals surface area contributed by atoms with Gasteiger partial charge in [-0.3, -0.25) is 4.79 Å². The summed E-state index contributed by atoms with van der Waals surface area (Å²) in [5, 5.41) is 9.68. The zero-order valence-corrected chi connectivity index (χ0v) is 15.3. The second-order valence-corrected chi connectivity index (χ2v) is 5.65. The van der Waals surface area contributed by atoms with Crippen LogP contribution in [0.25, 0.3) is 0 Å². The van der Waals surface area contributed by atoms with Gasteiger partial charge >= 0.3 is 11.9 Å². The van der Waals surface area contributed by atoms with Gasteiger partial charge in [0.2, 0.25) is 5.88 Å². The van der Waals surface area contributed by atoms with Crippen LogP contribution in [0.15, 0.2) is 55.0 Å². The van der Waals surface area contributed by atoms with Crippen LogP contribution >= 0.6 is 0 Å². The molecule has 1 aromatic carbocycles. The number of nitrogens with two attached hydrogens (primary N) is 1. The van der Waals surface area contributed by atoms with Crippen molar-refractivity contribution < 1.29 is 28.5 Å². The number of benzene rings is 1. The molecule has 0 bridgehead atoms. The van der Waals surface area contributed by atoms with E-state index in [4.69, 9.17) is 24.7 Å². The third-order valence-electron chi connectivity index (χ3n) is 3.97. The monoisotopic (exact) mass is 384 g/mol. The van der Waals surface area contributed by atoms with Gasteiger partial charge in [-0.05, 0) is 6.07 Å². The Bertz CT molecular complexity index is 868. The SMILES string of the molecule is C=CCOC(=O)C1=C(N)Oc2c(OC)cccc2[C@@H]1[C@H](C#N)C(=O)OCC=C. The maximum Gasteiger partial charge on any atom is 0.340 e. The van der Waals surface area contributed by atoms with Gasteiger partial charge in [-0.25, -0.2) is 4.79 Å². The van der Waals surface area contributed by atoms with Crippen LogP contribution < -0.4 is 15.2 Å². The van der Waals surface area contributed by atoms with Crippen LogP contribution in [0.3, 0.4) is 0 Å². The third kappa shape index (κ3) is 3.99. The Morgan fingerprint density at radius 2 is 2.00 bits per heavy atom. The minimum atomic E-state index is -1.38. The maximum absolute atomic E-state index is 12.6. The standard InChI is InChI=1S/C20H20N2O6/c1-4-9-26-19(23)13(11-21)15-12-7-6-8-14(25-3)17(12)28-18(22)16(15)20(24)27-10-5-2/h4-8,13,15H,1-2,9-10,22H2,3H3/t13-,15+/m0/s1. The number of hydrogen-bond donors (Lipinski definition) is 1. The van der Waals surface area contributed by atoms with E-state index in [9.17, 15) is 14.9 Å². The molecule has 2 N–H and O–H groups in total. The van der Waals surface area contributed by atoms with Crippen LogP contribution in [-0.4, -0.2) is 32.3 Å². The van der Waals surface area contributed by atoms with Crippen LogP contribution in [0.4, 0.5) is 0 Å². The summed E-state index contributed by atoms with van der Waals surface area (Å²) in [6.45, 7) is 6.79. The van der Waals surface area contributed by atoms with Gasteiger partial charge in [0.25, 0.3) is 0 Å². The Kier molecular flexibility index (Phi) is 6.82. The van der Waals surface area contributed by atoms with E-state index < -0.39 is 23.8 Å². The average Bonchev–Trinajstić information content (AvgIpc) is 2.70. The fraction of sp³-hybridized carbons (Fsp3) is 0.250. The van der Waals surface area contributed by atoms with Crippen LogP contribution in [0.2, 0.25) is 0 Å². The van der Waals surface area contributed by atoms with Gasteiger partial charge in [0, 0.05) is 5.56 Å². The first-order valence-electron chi connectivity index (χ1n) is 8.29. The van der Waals surface area contributed by atoms with Crippen LogP contribution in [0.5, 0.6) is 11.5 Å². The second kappa shape index (κ2) is 9.28. The molecule has 0 saturated heterocycles. The van der Waals surface area contributed by atoms with Gasteiger partial charge in [-0.15, -0.1) is 0 Å². The minimum absolute atomic E-state index is 0.0779. The number of fused-ring (bicyclic) bond motifs is 1. The molecule has 1 aliphatic heterocycles. The number of carbonyl (C=O) groups excluding carboxylic acids is 2. The fourth-order valence-corrected chi connectivity index (χ4v) is 2.80. The molecule has 0 fully saturated rings. The highest BCUT2D eigenvalue weighted by atomic mass is 16.5. The lowest BCUT2D eigenvalue weighted by atomic mass is 9.79. The Morgan fingerprint density at radius 1 is 1.32 bits per heavy atom. The number of hydrogen-bond acceptors (Lipinski definition) is 8. The van der Waals surface area contributed by atoms with Gasteiger partial charge < -0.3 is 24.7 Å². The first-order valence-corrected chi connectivity index (χ1v) is 8.29. The van der Waals surface area contributed by atoms with Crippen molar-refractivity contribution in [2.75, 3.05) is 20.3 Å². The molecule has 0 unspecified atom stereocenters. The van der Waals surface area contributed by atoms with E-state index in [2.05, 4.69) is 13.2 Å². The number of para-hydroxylation sites is 1. The van der Waals surface area contributed by atoms with E-state index in [0.717, 1.165) is 0 Å². The molecule has 0 amide bonds. The zero-order chi connectivity index (χ0) is 20.7. The highest BCUT2D eigenvalue weighted by Gasteiger charge is 2.44. The number of carbonyl (C=O) groups is 2. The normalized spacial score (nSPS) is 15.9. The highest BCUT2D eigenvalue weighted by molar-refractivity contribution is 5.94. The first-order chi connectivity index (χ1) is 13.5. The summed E-state index contributed by atoms with van der Waals surface area (Å²) in [5.41, 5.74) is 6.20. The number of ether oxygens (including phenoxy) is 4. The molecule has 1 heterocycles. The summed E-state index contributed by atoms with van der Waals surface area (Å²) in [5.74, 6) is -3.84. The molecule has 0 saturated carbocycles. The molecule has 1 aromatic rings. The van der Waals surface area contributed by atoms with Gasteiger partial charge in [-0.1, -0.05) is 37.4 Å². The molecule has 0 aromatic heterocycles. The number of esters is 2. The van der Waals surface area contributed by atoms with Crippen molar-refractivity contribution in [1.29, 1.82) is 5.26 Å². The van der Waals surface area contributed by atoms with E-state index in [-0.39, 0.29) is 30.4 Å². The van der Waals surface area contributed by atoms with Crippen molar-refractivity contribution in [1.82, 2.24) is 0 Å². The summed E-state index contributed by atoms with van der Waals surface area (Å²) < 4.78 is 21.0. The molecule has 8 nitrogen and oxygen atoms in total. The third-order valence-corrected chi connectivity index (χ3v) is 3.97. The molecule has 0 aliphatic carbocycles. The van der Waals surface area contributed by atoms with Gasteiger partial charge in [0.15, 0.2) is 17.4 Å². The molecule has 1 aliphatic rings. The van der Waals surface area contributed by atoms with Crippen molar-refractivity contribution in [3.8, 4) is 17.6 Å². The number of nitrogens with zero attached hydrogens (tertiary/aromatic N) is 1. The molecule has 0 spiro atoms. The number of rotatable bonds is 8. The fourth-order valence-electron chi connectivity index (χ4n) is 2.80. The van der Waals surface area contributed by atoms with E-state index in [0.29, 0.717) is 11.3 Å². The molecule has 2 atom stereocenters. The quantitative estimate of drug-likeness (QED) is 0.533. The van der Waals surface area contributed by atoms with Crippen LogP contribution in [-0.2, 0) is 19.1 Å². The summed E-state index contributed by atoms with van der Waals surface area (Å²) in [6.07, 6.45) is 2.75. The molecule has 8 heteroatoms. The minimum Gasteiger partial charge on any atom is -0.493 e. The lowest BCUT2D eigenvalue weighted by Gasteiger charge is -2.30. The van der Waals surface area contributed by atoms with Gasteiger partial charge in [-0.2, -0.15) is 5.26 Å². The van der Waals surface area contributed by atoms with Crippen LogP contribution in [0, 0.1) is 17.2 Å². The Morgan fingerprint density at radius 3 is 2.61 bits per heavy atom. The average molecular weight is 384 g/mol. The van der Waals surface area contributed by atoms with E-state index in [1.807, 2.05) is 6.07 Å². The maximum atomic E-state index is 12.6. The van der Waals surface area contributed by atoms with Crippen molar-refractivity contribution in [3.05, 3.63) is 60.5 Å². The molecule has 2 rings (SSSR count). The van der Waals surface area contributed by atoms with E-state index in [1.165, 1.54) is 19.3 Å². The summed E-state index contributed by atoms with van der Waals surface area (Å²) in [6, 6.07) is 6.78. The molecule has 28 heavy (non-hydrogen) atoms. The first kappa shape index (κ1) is 20.6. The topological polar surface area (TPSA) is 121 Å². The summed E-state index contributed by atoms with van der Waals surface area (Å²) in [7, 11) is 1.43. The zero-order valence-electron chi connectivity index (χ0n) is 15.3. The second-order valence-electron chi connectivity index (χ2n) is 5.65. The van der Waals surface area contributed by atoms with Crippen LogP contribution in [0.1, 0.15) is 11.5 Å². The molecule has 146 valence electrons. The summed E-state index contributed by atoms with van der Waals surface area (Å²) in [4.78, 5) is 25.1. The smallest absolute Gasteiger partial charge is 0.340 e. The van der Waals surface area contributed by atoms with Crippen molar-refractivity contribution in [3.63, 3.8) is 0 Å². The predicted octanol–water partition coefficient (Wildman–Crippen LogP) is 1.94. The largest absolute Gasteiger partial charge is 0.493 e. The number of methoxy groups -OCH3 is 1.